The van der Waals surface area contributed by atoms with Crippen LogP contribution in [0.4, 0.5) is 0 Å². The number of aliphatic carboxylic acids is 1. The van der Waals surface area contributed by atoms with Crippen molar-refractivity contribution < 1.29 is 9.90 Å². The summed E-state index contributed by atoms with van der Waals surface area (Å²) in [6.07, 6.45) is 7.13. The molecule has 0 radical (unpaired) electrons. The van der Waals surface area contributed by atoms with E-state index in [-0.39, 0.29) is 0 Å². The third-order valence-corrected chi connectivity index (χ3v) is 4.32. The first-order valence-electron chi connectivity index (χ1n) is 7.23. The number of fused-ring (bicyclic) bond motifs is 1. The Bertz CT molecular complexity index is 463. The summed E-state index contributed by atoms with van der Waals surface area (Å²) in [6.45, 7) is 3.10. The molecule has 0 aromatic carbocycles. The lowest BCUT2D eigenvalue weighted by Crippen LogP contribution is -2.28. The zero-order valence-corrected chi connectivity index (χ0v) is 11.1. The minimum Gasteiger partial charge on any atom is -0.481 e. The fraction of sp³-hybridized carbons (Fsp3) is 0.714. The number of carboxylic acids is 1. The summed E-state index contributed by atoms with van der Waals surface area (Å²) in [7, 11) is 0. The second kappa shape index (κ2) is 5.33. The van der Waals surface area contributed by atoms with E-state index in [1.807, 2.05) is 0 Å². The van der Waals surface area contributed by atoms with Crippen LogP contribution in [0.3, 0.4) is 0 Å². The van der Waals surface area contributed by atoms with E-state index in [1.165, 1.54) is 12.8 Å². The fourth-order valence-corrected chi connectivity index (χ4v) is 3.25. The number of rotatable bonds is 3. The highest BCUT2D eigenvalue weighted by molar-refractivity contribution is 5.75. The summed E-state index contributed by atoms with van der Waals surface area (Å²) in [5.74, 6) is 0.319. The van der Waals surface area contributed by atoms with Gasteiger partial charge in [0.05, 0.1) is 5.69 Å². The number of hydrogen-bond acceptors (Lipinski definition) is 3. The highest BCUT2D eigenvalue weighted by Crippen LogP contribution is 2.28. The monoisotopic (exact) mass is 263 g/mol. The second-order valence-electron chi connectivity index (χ2n) is 5.71. The summed E-state index contributed by atoms with van der Waals surface area (Å²) in [5, 5.41) is 12.6. The van der Waals surface area contributed by atoms with Crippen LogP contribution in [0, 0.1) is 5.92 Å². The lowest BCUT2D eigenvalue weighted by Gasteiger charge is -2.21. The van der Waals surface area contributed by atoms with Gasteiger partial charge in [-0.25, -0.2) is 4.98 Å². The number of imidazole rings is 1. The number of piperidine rings is 1. The van der Waals surface area contributed by atoms with Crippen LogP contribution in [0.1, 0.15) is 43.1 Å². The van der Waals surface area contributed by atoms with Gasteiger partial charge in [0.1, 0.15) is 11.7 Å². The topological polar surface area (TPSA) is 67.2 Å². The first kappa shape index (κ1) is 12.7. The molecule has 1 fully saturated rings. The Morgan fingerprint density at radius 1 is 1.42 bits per heavy atom. The van der Waals surface area contributed by atoms with Crippen molar-refractivity contribution in [1.29, 1.82) is 0 Å². The Kier molecular flexibility index (Phi) is 3.55. The number of carbonyl (C=O) groups is 1. The molecule has 0 amide bonds. The molecule has 1 unspecified atom stereocenters. The predicted octanol–water partition coefficient (Wildman–Crippen LogP) is 1.39. The zero-order valence-electron chi connectivity index (χ0n) is 11.1. The van der Waals surface area contributed by atoms with Crippen molar-refractivity contribution in [3.8, 4) is 0 Å². The maximum atomic E-state index is 11.3. The molecule has 1 atom stereocenters. The van der Waals surface area contributed by atoms with Gasteiger partial charge in [0.2, 0.25) is 0 Å². The summed E-state index contributed by atoms with van der Waals surface area (Å²) in [4.78, 5) is 15.9. The zero-order chi connectivity index (χ0) is 13.2. The quantitative estimate of drug-likeness (QED) is 0.864. The number of aromatic nitrogens is 2. The van der Waals surface area contributed by atoms with Gasteiger partial charge in [0.25, 0.3) is 0 Å². The number of carboxylic acid groups (broad SMARTS) is 1. The minimum absolute atomic E-state index is 0.407. The van der Waals surface area contributed by atoms with Gasteiger partial charge in [-0.2, -0.15) is 0 Å². The summed E-state index contributed by atoms with van der Waals surface area (Å²) >= 11 is 0. The largest absolute Gasteiger partial charge is 0.481 e. The lowest BCUT2D eigenvalue weighted by molar-refractivity contribution is -0.139. The van der Waals surface area contributed by atoms with Crippen LogP contribution >= 0.6 is 0 Å². The number of aryl methyl sites for hydroxylation is 1. The van der Waals surface area contributed by atoms with Gasteiger partial charge in [-0.3, -0.25) is 4.79 Å². The maximum absolute atomic E-state index is 11.3. The van der Waals surface area contributed by atoms with Gasteiger partial charge in [-0.05, 0) is 51.1 Å². The van der Waals surface area contributed by atoms with Crippen LogP contribution < -0.4 is 5.32 Å². The normalized spacial score (nSPS) is 24.1. The molecule has 0 aliphatic carbocycles. The van der Waals surface area contributed by atoms with E-state index in [2.05, 4.69) is 21.1 Å². The van der Waals surface area contributed by atoms with E-state index < -0.39 is 11.9 Å². The van der Waals surface area contributed by atoms with Crippen LogP contribution in [0.2, 0.25) is 0 Å². The third kappa shape index (κ3) is 2.66. The molecule has 0 spiro atoms. The molecule has 19 heavy (non-hydrogen) atoms. The van der Waals surface area contributed by atoms with Gasteiger partial charge in [0.15, 0.2) is 0 Å². The highest BCUT2D eigenvalue weighted by atomic mass is 16.4. The summed E-state index contributed by atoms with van der Waals surface area (Å²) in [5.41, 5.74) is 1.08. The molecule has 0 bridgehead atoms. The van der Waals surface area contributed by atoms with Gasteiger partial charge in [0, 0.05) is 12.7 Å². The highest BCUT2D eigenvalue weighted by Gasteiger charge is 2.29. The minimum atomic E-state index is -0.736. The van der Waals surface area contributed by atoms with Crippen LogP contribution in [0.15, 0.2) is 6.20 Å². The van der Waals surface area contributed by atoms with Crippen molar-refractivity contribution in [2.24, 2.45) is 5.92 Å². The first-order chi connectivity index (χ1) is 9.24. The van der Waals surface area contributed by atoms with E-state index in [9.17, 15) is 9.90 Å². The van der Waals surface area contributed by atoms with Crippen molar-refractivity contribution in [2.45, 2.75) is 44.6 Å². The molecular formula is C14H21N3O2. The second-order valence-corrected chi connectivity index (χ2v) is 5.71. The molecule has 5 nitrogen and oxygen atoms in total. The van der Waals surface area contributed by atoms with Gasteiger partial charge >= 0.3 is 5.97 Å². The molecule has 104 valence electrons. The Morgan fingerprint density at radius 3 is 2.95 bits per heavy atom. The van der Waals surface area contributed by atoms with Crippen molar-refractivity contribution in [3.05, 3.63) is 17.7 Å². The fourth-order valence-electron chi connectivity index (χ4n) is 3.25. The van der Waals surface area contributed by atoms with E-state index >= 15 is 0 Å². The molecule has 1 saturated heterocycles. The first-order valence-corrected chi connectivity index (χ1v) is 7.23. The molecular weight excluding hydrogens is 242 g/mol. The van der Waals surface area contributed by atoms with Crippen molar-refractivity contribution in [3.63, 3.8) is 0 Å². The SMILES string of the molecule is O=C(O)C1CCCn2cc(CC3CCNCC3)nc21. The molecule has 3 heterocycles. The van der Waals surface area contributed by atoms with E-state index in [0.29, 0.717) is 5.92 Å². The third-order valence-electron chi connectivity index (χ3n) is 4.32. The van der Waals surface area contributed by atoms with Crippen LogP contribution in [0.25, 0.3) is 0 Å². The Morgan fingerprint density at radius 2 is 2.21 bits per heavy atom. The van der Waals surface area contributed by atoms with Gasteiger partial charge < -0.3 is 15.0 Å². The molecule has 5 heteroatoms. The average molecular weight is 263 g/mol. The number of nitrogens with zero attached hydrogens (tertiary/aromatic N) is 2. The molecule has 0 saturated carbocycles. The molecule has 1 aromatic heterocycles. The Labute approximate surface area is 113 Å². The molecule has 2 N–H and O–H groups in total. The molecule has 3 rings (SSSR count). The van der Waals surface area contributed by atoms with Crippen LogP contribution in [-0.2, 0) is 17.8 Å². The number of nitrogens with one attached hydrogen (secondary N) is 1. The smallest absolute Gasteiger partial charge is 0.314 e. The number of hydrogen-bond donors (Lipinski definition) is 2. The van der Waals surface area contributed by atoms with Crippen molar-refractivity contribution >= 4 is 5.97 Å². The Balaban J connectivity index is 1.75. The summed E-state index contributed by atoms with van der Waals surface area (Å²) < 4.78 is 2.05. The van der Waals surface area contributed by atoms with E-state index in [4.69, 9.17) is 0 Å². The maximum Gasteiger partial charge on any atom is 0.314 e. The van der Waals surface area contributed by atoms with Crippen LogP contribution in [0.5, 0.6) is 0 Å². The van der Waals surface area contributed by atoms with Crippen molar-refractivity contribution in [1.82, 2.24) is 14.9 Å². The molecule has 2 aliphatic heterocycles. The van der Waals surface area contributed by atoms with Crippen molar-refractivity contribution in [2.75, 3.05) is 13.1 Å². The standard InChI is InChI=1S/C14H21N3O2/c18-14(19)12-2-1-7-17-9-11(16-13(12)17)8-10-3-5-15-6-4-10/h9-10,12,15H,1-8H2,(H,18,19). The van der Waals surface area contributed by atoms with Gasteiger partial charge in [-0.15, -0.1) is 0 Å². The molecule has 1 aromatic rings. The van der Waals surface area contributed by atoms with E-state index in [1.54, 1.807) is 0 Å². The van der Waals surface area contributed by atoms with Crippen LogP contribution in [-0.4, -0.2) is 33.7 Å². The van der Waals surface area contributed by atoms with E-state index in [0.717, 1.165) is 50.4 Å². The van der Waals surface area contributed by atoms with Gasteiger partial charge in [-0.1, -0.05) is 0 Å². The predicted molar refractivity (Wildman–Crippen MR) is 71.1 cm³/mol. The molecule has 2 aliphatic rings. The summed E-state index contributed by atoms with van der Waals surface area (Å²) in [6, 6.07) is 0. The lowest BCUT2D eigenvalue weighted by atomic mass is 9.93. The Hall–Kier alpha value is -1.36. The average Bonchev–Trinajstić information content (AvgIpc) is 2.81.